The zero-order valence-electron chi connectivity index (χ0n) is 17.4. The molecule has 0 aromatic heterocycles. The van der Waals surface area contributed by atoms with Crippen LogP contribution in [0.2, 0.25) is 0 Å². The van der Waals surface area contributed by atoms with Gasteiger partial charge in [0.05, 0.1) is 5.69 Å². The van der Waals surface area contributed by atoms with Crippen LogP contribution >= 0.6 is 0 Å². The van der Waals surface area contributed by atoms with Crippen LogP contribution in [0.3, 0.4) is 0 Å². The summed E-state index contributed by atoms with van der Waals surface area (Å²) < 4.78 is 36.5. The van der Waals surface area contributed by atoms with Gasteiger partial charge < -0.3 is 8.92 Å². The molecular weight excluding hydrogens is 422 g/mol. The Kier molecular flexibility index (Phi) is 6.33. The molecule has 0 aliphatic heterocycles. The molecule has 160 valence electrons. The van der Waals surface area contributed by atoms with Crippen molar-refractivity contribution in [1.29, 1.82) is 0 Å². The predicted molar refractivity (Wildman–Crippen MR) is 126 cm³/mol. The van der Waals surface area contributed by atoms with Crippen molar-refractivity contribution in [3.8, 4) is 17.2 Å². The van der Waals surface area contributed by atoms with E-state index in [1.165, 1.54) is 12.1 Å². The van der Waals surface area contributed by atoms with Gasteiger partial charge in [0.2, 0.25) is 0 Å². The fraction of sp³-hybridized carbons (Fsp3) is 0.0385. The van der Waals surface area contributed by atoms with Gasteiger partial charge in [-0.25, -0.2) is 0 Å². The van der Waals surface area contributed by atoms with Crippen LogP contribution in [0, 0.1) is 6.92 Å². The summed E-state index contributed by atoms with van der Waals surface area (Å²) in [6, 6.07) is 30.2. The van der Waals surface area contributed by atoms with Crippen molar-refractivity contribution in [1.82, 2.24) is 0 Å². The minimum Gasteiger partial charge on any atom is -0.457 e. The average molecular weight is 444 g/mol. The van der Waals surface area contributed by atoms with Gasteiger partial charge in [0.1, 0.15) is 16.4 Å². The molecule has 0 bridgehead atoms. The molecule has 0 spiro atoms. The van der Waals surface area contributed by atoms with Crippen molar-refractivity contribution in [2.75, 3.05) is 0 Å². The van der Waals surface area contributed by atoms with Crippen LogP contribution < -0.4 is 8.92 Å². The number of benzene rings is 4. The number of aliphatic imine (C=N–C) groups is 1. The van der Waals surface area contributed by atoms with E-state index in [-0.39, 0.29) is 10.6 Å². The number of hydrogen-bond donors (Lipinski definition) is 0. The summed E-state index contributed by atoms with van der Waals surface area (Å²) in [5, 5.41) is 0. The Bertz CT molecular complexity index is 1310. The quantitative estimate of drug-likeness (QED) is 0.248. The number of nitrogens with zero attached hydrogens (tertiary/aromatic N) is 1. The van der Waals surface area contributed by atoms with Crippen LogP contribution in [-0.4, -0.2) is 14.6 Å². The topological polar surface area (TPSA) is 65.0 Å². The van der Waals surface area contributed by atoms with Gasteiger partial charge >= 0.3 is 10.1 Å². The van der Waals surface area contributed by atoms with Gasteiger partial charge in [0.25, 0.3) is 0 Å². The third-order valence-electron chi connectivity index (χ3n) is 4.60. The Labute approximate surface area is 187 Å². The fourth-order valence-electron chi connectivity index (χ4n) is 2.90. The van der Waals surface area contributed by atoms with E-state index in [2.05, 4.69) is 4.99 Å². The summed E-state index contributed by atoms with van der Waals surface area (Å²) in [6.07, 6.45) is 1.58. The van der Waals surface area contributed by atoms with E-state index in [0.29, 0.717) is 17.0 Å². The standard InChI is InChI=1S/C26H21NO4S/c1-20-11-17-25(18-12-20)32(28,29)31-26-10-6-5-7-21(26)19-27-22-13-15-24(16-14-22)30-23-8-3-2-4-9-23/h2-19H,1H3. The molecule has 0 aliphatic rings. The highest BCUT2D eigenvalue weighted by Gasteiger charge is 2.17. The fourth-order valence-corrected chi connectivity index (χ4v) is 3.86. The lowest BCUT2D eigenvalue weighted by Gasteiger charge is -2.09. The molecule has 4 aromatic rings. The second kappa shape index (κ2) is 9.49. The maximum atomic E-state index is 12.6. The monoisotopic (exact) mass is 443 g/mol. The summed E-state index contributed by atoms with van der Waals surface area (Å²) in [7, 11) is -3.95. The normalized spacial score (nSPS) is 11.4. The number of rotatable bonds is 7. The molecule has 0 radical (unpaired) electrons. The van der Waals surface area contributed by atoms with Gasteiger partial charge in [-0.2, -0.15) is 8.42 Å². The van der Waals surface area contributed by atoms with Gasteiger partial charge in [0, 0.05) is 11.8 Å². The summed E-state index contributed by atoms with van der Waals surface area (Å²) >= 11 is 0. The van der Waals surface area contributed by atoms with Gasteiger partial charge in [-0.3, -0.25) is 4.99 Å². The van der Waals surface area contributed by atoms with E-state index in [1.807, 2.05) is 61.5 Å². The zero-order chi connectivity index (χ0) is 22.4. The molecule has 0 atom stereocenters. The lowest BCUT2D eigenvalue weighted by molar-refractivity contribution is 0.482. The summed E-state index contributed by atoms with van der Waals surface area (Å²) in [6.45, 7) is 1.89. The van der Waals surface area contributed by atoms with Crippen LogP contribution in [0.4, 0.5) is 5.69 Å². The maximum Gasteiger partial charge on any atom is 0.339 e. The Hall–Kier alpha value is -3.90. The van der Waals surface area contributed by atoms with Crippen molar-refractivity contribution in [3.05, 3.63) is 114 Å². The number of para-hydroxylation sites is 2. The average Bonchev–Trinajstić information content (AvgIpc) is 2.80. The van der Waals surface area contributed by atoms with Crippen molar-refractivity contribution >= 4 is 22.0 Å². The van der Waals surface area contributed by atoms with Crippen LogP contribution in [0.25, 0.3) is 0 Å². The van der Waals surface area contributed by atoms with Gasteiger partial charge in [0.15, 0.2) is 5.75 Å². The van der Waals surface area contributed by atoms with E-state index >= 15 is 0 Å². The molecule has 0 fully saturated rings. The first-order chi connectivity index (χ1) is 15.5. The Morgan fingerprint density at radius 1 is 0.719 bits per heavy atom. The van der Waals surface area contributed by atoms with E-state index < -0.39 is 10.1 Å². The first-order valence-electron chi connectivity index (χ1n) is 9.97. The van der Waals surface area contributed by atoms with Gasteiger partial charge in [-0.05, 0) is 67.6 Å². The highest BCUT2D eigenvalue weighted by Crippen LogP contribution is 2.25. The van der Waals surface area contributed by atoms with Crippen molar-refractivity contribution in [3.63, 3.8) is 0 Å². The van der Waals surface area contributed by atoms with Crippen LogP contribution in [0.5, 0.6) is 17.2 Å². The molecular formula is C26H21NO4S. The molecule has 4 rings (SSSR count). The molecule has 6 heteroatoms. The molecule has 5 nitrogen and oxygen atoms in total. The van der Waals surface area contributed by atoms with E-state index in [1.54, 1.807) is 42.6 Å². The molecule has 0 aliphatic carbocycles. The number of hydrogen-bond acceptors (Lipinski definition) is 5. The molecule has 0 N–H and O–H groups in total. The molecule has 0 saturated carbocycles. The highest BCUT2D eigenvalue weighted by molar-refractivity contribution is 7.87. The zero-order valence-corrected chi connectivity index (χ0v) is 18.2. The first kappa shape index (κ1) is 21.3. The summed E-state index contributed by atoms with van der Waals surface area (Å²) in [4.78, 5) is 4.55. The largest absolute Gasteiger partial charge is 0.457 e. The van der Waals surface area contributed by atoms with Crippen LogP contribution in [-0.2, 0) is 10.1 Å². The summed E-state index contributed by atoms with van der Waals surface area (Å²) in [5.41, 5.74) is 2.21. The second-order valence-electron chi connectivity index (χ2n) is 7.06. The molecule has 0 heterocycles. The molecule has 4 aromatic carbocycles. The Balaban J connectivity index is 1.50. The smallest absolute Gasteiger partial charge is 0.339 e. The third-order valence-corrected chi connectivity index (χ3v) is 5.84. The minimum absolute atomic E-state index is 0.101. The molecule has 0 unspecified atom stereocenters. The Morgan fingerprint density at radius 2 is 1.34 bits per heavy atom. The van der Waals surface area contributed by atoms with Crippen molar-refractivity contribution in [2.24, 2.45) is 4.99 Å². The third kappa shape index (κ3) is 5.42. The Morgan fingerprint density at radius 3 is 2.06 bits per heavy atom. The first-order valence-corrected chi connectivity index (χ1v) is 11.4. The van der Waals surface area contributed by atoms with Crippen molar-refractivity contribution in [2.45, 2.75) is 11.8 Å². The van der Waals surface area contributed by atoms with Crippen LogP contribution in [0.1, 0.15) is 11.1 Å². The van der Waals surface area contributed by atoms with E-state index in [9.17, 15) is 8.42 Å². The maximum absolute atomic E-state index is 12.6. The van der Waals surface area contributed by atoms with E-state index in [0.717, 1.165) is 11.3 Å². The van der Waals surface area contributed by atoms with E-state index in [4.69, 9.17) is 8.92 Å². The molecule has 0 saturated heterocycles. The van der Waals surface area contributed by atoms with Crippen molar-refractivity contribution < 1.29 is 17.3 Å². The summed E-state index contributed by atoms with van der Waals surface area (Å²) in [5.74, 6) is 1.66. The van der Waals surface area contributed by atoms with Gasteiger partial charge in [-0.15, -0.1) is 0 Å². The SMILES string of the molecule is Cc1ccc(S(=O)(=O)Oc2ccccc2C=Nc2ccc(Oc3ccccc3)cc2)cc1. The lowest BCUT2D eigenvalue weighted by Crippen LogP contribution is -2.10. The predicted octanol–water partition coefficient (Wildman–Crippen LogP) is 6.31. The minimum atomic E-state index is -3.95. The lowest BCUT2D eigenvalue weighted by atomic mass is 10.2. The highest BCUT2D eigenvalue weighted by atomic mass is 32.2. The second-order valence-corrected chi connectivity index (χ2v) is 8.60. The number of ether oxygens (including phenoxy) is 1. The van der Waals surface area contributed by atoms with Gasteiger partial charge in [-0.1, -0.05) is 48.0 Å². The molecule has 32 heavy (non-hydrogen) atoms. The number of aryl methyl sites for hydroxylation is 1. The van der Waals surface area contributed by atoms with Crippen LogP contribution in [0.15, 0.2) is 113 Å². The molecule has 0 amide bonds.